The van der Waals surface area contributed by atoms with Gasteiger partial charge in [-0.25, -0.2) is 0 Å². The van der Waals surface area contributed by atoms with E-state index in [1.807, 2.05) is 48.5 Å². The summed E-state index contributed by atoms with van der Waals surface area (Å²) in [5.41, 5.74) is 3.03. The third-order valence-corrected chi connectivity index (χ3v) is 3.44. The van der Waals surface area contributed by atoms with Gasteiger partial charge in [-0.15, -0.1) is 0 Å². The fourth-order valence-corrected chi connectivity index (χ4v) is 2.19. The Hall–Kier alpha value is -2.49. The highest BCUT2D eigenvalue weighted by Gasteiger charge is 2.05. The Labute approximate surface area is 131 Å². The van der Waals surface area contributed by atoms with Gasteiger partial charge >= 0.3 is 0 Å². The number of carbonyl (C=O) groups excluding carboxylic acids is 1. The number of hydrogen-bond donors (Lipinski definition) is 2. The summed E-state index contributed by atoms with van der Waals surface area (Å²) in [5.74, 6) is 0.835. The maximum absolute atomic E-state index is 12.0. The number of aryl methyl sites for hydroxylation is 1. The molecule has 0 radical (unpaired) electrons. The minimum Gasteiger partial charge on any atom is -0.497 e. The van der Waals surface area contributed by atoms with Crippen LogP contribution in [-0.4, -0.2) is 19.6 Å². The van der Waals surface area contributed by atoms with Crippen LogP contribution >= 0.6 is 0 Å². The first kappa shape index (κ1) is 15.9. The van der Waals surface area contributed by atoms with Crippen LogP contribution in [0.3, 0.4) is 0 Å². The lowest BCUT2D eigenvalue weighted by Gasteiger charge is -2.10. The maximum atomic E-state index is 12.0. The fourth-order valence-electron chi connectivity index (χ4n) is 2.19. The number of nitrogens with one attached hydrogen (secondary N) is 2. The van der Waals surface area contributed by atoms with E-state index in [1.165, 1.54) is 0 Å². The zero-order valence-corrected chi connectivity index (χ0v) is 13.1. The minimum absolute atomic E-state index is 0.0157. The summed E-state index contributed by atoms with van der Waals surface area (Å²) in [7, 11) is 1.64. The number of hydrogen-bond acceptors (Lipinski definition) is 3. The Kier molecular flexibility index (Phi) is 5.83. The van der Waals surface area contributed by atoms with Crippen molar-refractivity contribution in [3.63, 3.8) is 0 Å². The van der Waals surface area contributed by atoms with Gasteiger partial charge in [0.1, 0.15) is 5.75 Å². The van der Waals surface area contributed by atoms with Crippen LogP contribution in [-0.2, 0) is 11.2 Å². The molecule has 0 aliphatic rings. The number of para-hydroxylation sites is 1. The van der Waals surface area contributed by atoms with Gasteiger partial charge in [0.2, 0.25) is 5.91 Å². The molecule has 4 nitrogen and oxygen atoms in total. The highest BCUT2D eigenvalue weighted by Crippen LogP contribution is 2.16. The molecule has 0 bridgehead atoms. The summed E-state index contributed by atoms with van der Waals surface area (Å²) < 4.78 is 5.11. The lowest BCUT2D eigenvalue weighted by Crippen LogP contribution is -2.17. The molecule has 0 spiro atoms. The van der Waals surface area contributed by atoms with Crippen molar-refractivity contribution in [2.75, 3.05) is 24.3 Å². The number of methoxy groups -OCH3 is 1. The van der Waals surface area contributed by atoms with Gasteiger partial charge in [-0.2, -0.15) is 0 Å². The standard InChI is InChI=1S/C18H22N2O2/c1-3-14-6-4-5-7-17(14)20-18(21)12-13-19-15-8-10-16(22-2)11-9-15/h4-11,19H,3,12-13H2,1-2H3,(H,20,21). The summed E-state index contributed by atoms with van der Waals surface area (Å²) >= 11 is 0. The van der Waals surface area contributed by atoms with Crippen LogP contribution in [0, 0.1) is 0 Å². The van der Waals surface area contributed by atoms with E-state index in [2.05, 4.69) is 17.6 Å². The first-order valence-electron chi connectivity index (χ1n) is 7.48. The lowest BCUT2D eigenvalue weighted by atomic mass is 10.1. The molecule has 4 heteroatoms. The van der Waals surface area contributed by atoms with E-state index in [4.69, 9.17) is 4.74 Å². The molecule has 0 atom stereocenters. The molecule has 116 valence electrons. The van der Waals surface area contributed by atoms with E-state index < -0.39 is 0 Å². The maximum Gasteiger partial charge on any atom is 0.226 e. The van der Waals surface area contributed by atoms with Crippen molar-refractivity contribution in [2.45, 2.75) is 19.8 Å². The van der Waals surface area contributed by atoms with Gasteiger partial charge in [-0.05, 0) is 42.3 Å². The number of ether oxygens (including phenoxy) is 1. The largest absolute Gasteiger partial charge is 0.497 e. The van der Waals surface area contributed by atoms with Crippen LogP contribution < -0.4 is 15.4 Å². The first-order chi connectivity index (χ1) is 10.7. The molecule has 2 rings (SSSR count). The molecule has 2 N–H and O–H groups in total. The molecule has 0 unspecified atom stereocenters. The van der Waals surface area contributed by atoms with Crippen LogP contribution in [0.4, 0.5) is 11.4 Å². The summed E-state index contributed by atoms with van der Waals surface area (Å²) in [4.78, 5) is 12.0. The minimum atomic E-state index is 0.0157. The SMILES string of the molecule is CCc1ccccc1NC(=O)CCNc1ccc(OC)cc1. The number of carbonyl (C=O) groups is 1. The molecule has 2 aromatic rings. The molecule has 0 heterocycles. The monoisotopic (exact) mass is 298 g/mol. The molecule has 22 heavy (non-hydrogen) atoms. The van der Waals surface area contributed by atoms with Gasteiger partial charge in [-0.1, -0.05) is 25.1 Å². The molecule has 0 fully saturated rings. The molecular weight excluding hydrogens is 276 g/mol. The van der Waals surface area contributed by atoms with Crippen molar-refractivity contribution in [2.24, 2.45) is 0 Å². The van der Waals surface area contributed by atoms with Crippen LogP contribution in [0.25, 0.3) is 0 Å². The molecule has 0 aliphatic carbocycles. The van der Waals surface area contributed by atoms with Gasteiger partial charge in [0, 0.05) is 24.3 Å². The van der Waals surface area contributed by atoms with Crippen molar-refractivity contribution >= 4 is 17.3 Å². The van der Waals surface area contributed by atoms with Gasteiger partial charge in [0.25, 0.3) is 0 Å². The highest BCUT2D eigenvalue weighted by atomic mass is 16.5. The molecule has 0 saturated carbocycles. The third kappa shape index (κ3) is 4.52. The van der Waals surface area contributed by atoms with E-state index in [0.29, 0.717) is 13.0 Å². The number of rotatable bonds is 7. The summed E-state index contributed by atoms with van der Waals surface area (Å²) in [6, 6.07) is 15.5. The summed E-state index contributed by atoms with van der Waals surface area (Å²) in [6.45, 7) is 2.67. The molecular formula is C18H22N2O2. The highest BCUT2D eigenvalue weighted by molar-refractivity contribution is 5.91. The fraction of sp³-hybridized carbons (Fsp3) is 0.278. The lowest BCUT2D eigenvalue weighted by molar-refractivity contribution is -0.115. The van der Waals surface area contributed by atoms with Crippen LogP contribution in [0.5, 0.6) is 5.75 Å². The smallest absolute Gasteiger partial charge is 0.226 e. The Morgan fingerprint density at radius 1 is 1.09 bits per heavy atom. The zero-order chi connectivity index (χ0) is 15.8. The van der Waals surface area contributed by atoms with Gasteiger partial charge in [-0.3, -0.25) is 4.79 Å². The van der Waals surface area contributed by atoms with E-state index in [0.717, 1.165) is 29.1 Å². The first-order valence-corrected chi connectivity index (χ1v) is 7.48. The number of anilines is 2. The van der Waals surface area contributed by atoms with E-state index in [1.54, 1.807) is 7.11 Å². The van der Waals surface area contributed by atoms with Crippen LogP contribution in [0.1, 0.15) is 18.9 Å². The van der Waals surface area contributed by atoms with Gasteiger partial charge < -0.3 is 15.4 Å². The van der Waals surface area contributed by atoms with Gasteiger partial charge in [0.15, 0.2) is 0 Å². The quantitative estimate of drug-likeness (QED) is 0.819. The second-order valence-electron chi connectivity index (χ2n) is 4.96. The van der Waals surface area contributed by atoms with E-state index >= 15 is 0 Å². The van der Waals surface area contributed by atoms with Crippen LogP contribution in [0.2, 0.25) is 0 Å². The average molecular weight is 298 g/mol. The van der Waals surface area contributed by atoms with Crippen molar-refractivity contribution in [1.29, 1.82) is 0 Å². The summed E-state index contributed by atoms with van der Waals surface area (Å²) in [6.07, 6.45) is 1.32. The van der Waals surface area contributed by atoms with E-state index in [-0.39, 0.29) is 5.91 Å². The zero-order valence-electron chi connectivity index (χ0n) is 13.1. The van der Waals surface area contributed by atoms with Crippen molar-refractivity contribution in [3.8, 4) is 5.75 Å². The Morgan fingerprint density at radius 2 is 1.82 bits per heavy atom. The Balaban J connectivity index is 1.80. The molecule has 0 saturated heterocycles. The molecule has 1 amide bonds. The van der Waals surface area contributed by atoms with Crippen molar-refractivity contribution in [3.05, 3.63) is 54.1 Å². The Morgan fingerprint density at radius 3 is 2.50 bits per heavy atom. The normalized spacial score (nSPS) is 10.1. The molecule has 2 aromatic carbocycles. The summed E-state index contributed by atoms with van der Waals surface area (Å²) in [5, 5.41) is 6.19. The van der Waals surface area contributed by atoms with Crippen molar-refractivity contribution < 1.29 is 9.53 Å². The Bertz CT molecular complexity index is 609. The van der Waals surface area contributed by atoms with Gasteiger partial charge in [0.05, 0.1) is 7.11 Å². The van der Waals surface area contributed by atoms with Crippen molar-refractivity contribution in [1.82, 2.24) is 0 Å². The number of benzene rings is 2. The second-order valence-corrected chi connectivity index (χ2v) is 4.96. The third-order valence-electron chi connectivity index (χ3n) is 3.44. The van der Waals surface area contributed by atoms with Crippen LogP contribution in [0.15, 0.2) is 48.5 Å². The van der Waals surface area contributed by atoms with E-state index in [9.17, 15) is 4.79 Å². The average Bonchev–Trinajstić information content (AvgIpc) is 2.56. The molecule has 0 aliphatic heterocycles. The predicted molar refractivity (Wildman–Crippen MR) is 90.6 cm³/mol. The topological polar surface area (TPSA) is 50.4 Å². The second kappa shape index (κ2) is 8.08. The predicted octanol–water partition coefficient (Wildman–Crippen LogP) is 3.70. The molecule has 0 aromatic heterocycles. The number of amides is 1.